The molecule has 0 saturated carbocycles. The first-order chi connectivity index (χ1) is 13.8. The van der Waals surface area contributed by atoms with E-state index < -0.39 is 9.84 Å². The molecule has 1 amide bonds. The number of aromatic nitrogens is 1. The molecule has 0 aliphatic rings. The second kappa shape index (κ2) is 9.37. The van der Waals surface area contributed by atoms with Crippen LogP contribution in [0.15, 0.2) is 47.4 Å². The summed E-state index contributed by atoms with van der Waals surface area (Å²) in [7, 11) is -3.27. The number of carbonyl (C=O) groups excluding carboxylic acids is 1. The molecule has 0 bridgehead atoms. The molecule has 3 rings (SSSR count). The Morgan fingerprint density at radius 3 is 2.62 bits per heavy atom. The minimum absolute atomic E-state index is 0.144. The van der Waals surface area contributed by atoms with E-state index >= 15 is 0 Å². The molecule has 6 nitrogen and oxygen atoms in total. The molecule has 0 atom stereocenters. The van der Waals surface area contributed by atoms with Crippen LogP contribution in [0.3, 0.4) is 0 Å². The molecule has 0 aliphatic carbocycles. The molecular weight excluding hydrogens is 408 g/mol. The summed E-state index contributed by atoms with van der Waals surface area (Å²) in [5.74, 6) is 0.660. The Bertz CT molecular complexity index is 1090. The van der Waals surface area contributed by atoms with E-state index in [9.17, 15) is 13.2 Å². The zero-order valence-electron chi connectivity index (χ0n) is 16.5. The van der Waals surface area contributed by atoms with Crippen molar-refractivity contribution < 1.29 is 17.9 Å². The summed E-state index contributed by atoms with van der Waals surface area (Å²) < 4.78 is 29.7. The number of nitrogens with one attached hydrogen (secondary N) is 1. The zero-order chi connectivity index (χ0) is 20.9. The van der Waals surface area contributed by atoms with Gasteiger partial charge in [0.2, 0.25) is 5.91 Å². The van der Waals surface area contributed by atoms with E-state index in [-0.39, 0.29) is 10.8 Å². The van der Waals surface area contributed by atoms with Gasteiger partial charge in [0.05, 0.1) is 21.7 Å². The fraction of sp³-hybridized carbons (Fsp3) is 0.333. The molecule has 0 spiro atoms. The van der Waals surface area contributed by atoms with Crippen LogP contribution in [0.2, 0.25) is 0 Å². The van der Waals surface area contributed by atoms with Crippen molar-refractivity contribution >= 4 is 42.4 Å². The van der Waals surface area contributed by atoms with Crippen LogP contribution < -0.4 is 10.1 Å². The molecule has 0 saturated heterocycles. The second-order valence-electron chi connectivity index (χ2n) is 6.81. The number of ether oxygens (including phenoxy) is 1. The van der Waals surface area contributed by atoms with Crippen molar-refractivity contribution in [3.8, 4) is 5.75 Å². The van der Waals surface area contributed by atoms with Gasteiger partial charge in [-0.15, -0.1) is 0 Å². The number of anilines is 1. The topological polar surface area (TPSA) is 85.4 Å². The first kappa shape index (κ1) is 21.3. The predicted molar refractivity (Wildman–Crippen MR) is 117 cm³/mol. The van der Waals surface area contributed by atoms with E-state index in [4.69, 9.17) is 4.74 Å². The van der Waals surface area contributed by atoms with Crippen LogP contribution in [0.25, 0.3) is 10.2 Å². The average Bonchev–Trinajstić information content (AvgIpc) is 3.07. The van der Waals surface area contributed by atoms with Crippen molar-refractivity contribution in [1.29, 1.82) is 0 Å². The summed E-state index contributed by atoms with van der Waals surface area (Å²) in [6, 6.07) is 12.8. The average molecular weight is 433 g/mol. The van der Waals surface area contributed by atoms with Gasteiger partial charge >= 0.3 is 0 Å². The van der Waals surface area contributed by atoms with Crippen LogP contribution >= 0.6 is 11.3 Å². The summed E-state index contributed by atoms with van der Waals surface area (Å²) in [5.41, 5.74) is 1.95. The van der Waals surface area contributed by atoms with E-state index in [0.717, 1.165) is 23.3 Å². The minimum Gasteiger partial charge on any atom is -0.494 e. The van der Waals surface area contributed by atoms with Gasteiger partial charge in [0.15, 0.2) is 15.0 Å². The molecule has 0 unspecified atom stereocenters. The number of sulfone groups is 1. The van der Waals surface area contributed by atoms with E-state index in [2.05, 4.69) is 29.4 Å². The lowest BCUT2D eigenvalue weighted by atomic mass is 10.1. The first-order valence-corrected chi connectivity index (χ1v) is 12.2. The van der Waals surface area contributed by atoms with Crippen LogP contribution in [0.5, 0.6) is 5.75 Å². The normalized spacial score (nSPS) is 11.5. The maximum atomic E-state index is 12.1. The molecule has 2 aromatic carbocycles. The molecule has 1 aromatic heterocycles. The highest BCUT2D eigenvalue weighted by Crippen LogP contribution is 2.28. The number of aryl methyl sites for hydroxylation is 1. The Balaban J connectivity index is 1.48. The van der Waals surface area contributed by atoms with Gasteiger partial charge < -0.3 is 10.1 Å². The van der Waals surface area contributed by atoms with Crippen molar-refractivity contribution in [2.45, 2.75) is 37.5 Å². The number of rotatable bonds is 9. The third-order valence-electron chi connectivity index (χ3n) is 4.31. The summed E-state index contributed by atoms with van der Waals surface area (Å²) >= 11 is 1.26. The van der Waals surface area contributed by atoms with Crippen molar-refractivity contribution in [1.82, 2.24) is 4.98 Å². The lowest BCUT2D eigenvalue weighted by molar-refractivity contribution is -0.116. The van der Waals surface area contributed by atoms with Crippen LogP contribution in [0.1, 0.15) is 31.7 Å². The first-order valence-electron chi connectivity index (χ1n) is 9.47. The summed E-state index contributed by atoms with van der Waals surface area (Å²) in [6.45, 7) is 2.61. The predicted octanol–water partition coefficient (Wildman–Crippen LogP) is 4.45. The molecule has 1 N–H and O–H groups in total. The second-order valence-corrected chi connectivity index (χ2v) is 9.86. The van der Waals surface area contributed by atoms with Gasteiger partial charge in [-0.3, -0.25) is 4.79 Å². The van der Waals surface area contributed by atoms with Crippen LogP contribution in [0.4, 0.5) is 5.13 Å². The van der Waals surface area contributed by atoms with Gasteiger partial charge in [0, 0.05) is 12.7 Å². The van der Waals surface area contributed by atoms with Crippen molar-refractivity contribution in [2.24, 2.45) is 0 Å². The Labute approximate surface area is 174 Å². The van der Waals surface area contributed by atoms with Crippen LogP contribution in [-0.4, -0.2) is 32.2 Å². The lowest BCUT2D eigenvalue weighted by Crippen LogP contribution is -2.12. The largest absolute Gasteiger partial charge is 0.494 e. The van der Waals surface area contributed by atoms with Crippen LogP contribution in [0, 0.1) is 0 Å². The van der Waals surface area contributed by atoms with Gasteiger partial charge in [-0.25, -0.2) is 13.4 Å². The monoisotopic (exact) mass is 432 g/mol. The molecule has 0 radical (unpaired) electrons. The number of benzene rings is 2. The summed E-state index contributed by atoms with van der Waals surface area (Å²) in [4.78, 5) is 16.7. The van der Waals surface area contributed by atoms with Gasteiger partial charge in [-0.05, 0) is 48.7 Å². The third-order valence-corrected chi connectivity index (χ3v) is 6.36. The van der Waals surface area contributed by atoms with E-state index in [1.54, 1.807) is 12.1 Å². The Hall–Kier alpha value is -2.45. The lowest BCUT2D eigenvalue weighted by Gasteiger charge is -2.07. The van der Waals surface area contributed by atoms with Crippen molar-refractivity contribution in [2.75, 3.05) is 18.2 Å². The van der Waals surface area contributed by atoms with Gasteiger partial charge in [-0.1, -0.05) is 36.8 Å². The molecule has 0 aliphatic heterocycles. The number of thiazole rings is 1. The van der Waals surface area contributed by atoms with Crippen molar-refractivity contribution in [3.05, 3.63) is 48.0 Å². The number of hydrogen-bond acceptors (Lipinski definition) is 6. The quantitative estimate of drug-likeness (QED) is 0.505. The zero-order valence-corrected chi connectivity index (χ0v) is 18.1. The number of carbonyl (C=O) groups is 1. The highest BCUT2D eigenvalue weighted by Gasteiger charge is 2.12. The fourth-order valence-electron chi connectivity index (χ4n) is 2.83. The molecule has 8 heteroatoms. The number of nitrogens with zero attached hydrogens (tertiary/aromatic N) is 1. The minimum atomic E-state index is -3.27. The molecule has 1 heterocycles. The summed E-state index contributed by atoms with van der Waals surface area (Å²) in [5, 5.41) is 3.23. The van der Waals surface area contributed by atoms with E-state index in [1.165, 1.54) is 29.2 Å². The van der Waals surface area contributed by atoms with E-state index in [0.29, 0.717) is 30.1 Å². The molecule has 3 aromatic rings. The number of fused-ring (bicyclic) bond motifs is 1. The Kier molecular flexibility index (Phi) is 6.87. The number of hydrogen-bond donors (Lipinski definition) is 1. The number of amides is 1. The van der Waals surface area contributed by atoms with Crippen molar-refractivity contribution in [3.63, 3.8) is 0 Å². The highest BCUT2D eigenvalue weighted by atomic mass is 32.2. The van der Waals surface area contributed by atoms with Gasteiger partial charge in [0.1, 0.15) is 5.75 Å². The van der Waals surface area contributed by atoms with Gasteiger partial charge in [0.25, 0.3) is 0 Å². The molecule has 0 fully saturated rings. The smallest absolute Gasteiger partial charge is 0.226 e. The third kappa shape index (κ3) is 6.01. The van der Waals surface area contributed by atoms with Gasteiger partial charge in [-0.2, -0.15) is 0 Å². The SMILES string of the molecule is CCCc1ccc(OCCCC(=O)Nc2nc3ccc(S(C)(=O)=O)cc3s2)cc1. The summed E-state index contributed by atoms with van der Waals surface area (Å²) in [6.07, 6.45) is 4.24. The van der Waals surface area contributed by atoms with E-state index in [1.807, 2.05) is 12.1 Å². The standard InChI is InChI=1S/C21H24N2O4S2/c1-3-5-15-7-9-16(10-8-15)27-13-4-6-20(24)23-21-22-18-12-11-17(29(2,25)26)14-19(18)28-21/h7-12,14H,3-6,13H2,1-2H3,(H,22,23,24). The maximum Gasteiger partial charge on any atom is 0.226 e. The Morgan fingerprint density at radius 2 is 1.93 bits per heavy atom. The molecule has 29 heavy (non-hydrogen) atoms. The highest BCUT2D eigenvalue weighted by molar-refractivity contribution is 7.90. The Morgan fingerprint density at radius 1 is 1.17 bits per heavy atom. The molecule has 154 valence electrons. The fourth-order valence-corrected chi connectivity index (χ4v) is 4.48. The maximum absolute atomic E-state index is 12.1. The molecular formula is C21H24N2O4S2. The van der Waals surface area contributed by atoms with Crippen LogP contribution in [-0.2, 0) is 21.1 Å².